The second kappa shape index (κ2) is 8.29. The molecule has 0 aliphatic rings. The molecule has 0 heterocycles. The summed E-state index contributed by atoms with van der Waals surface area (Å²) in [5.74, 6) is -0.00358. The Bertz CT molecular complexity index is 485. The molecule has 0 saturated heterocycles. The monoisotopic (exact) mass is 293 g/mol. The Morgan fingerprint density at radius 2 is 2.00 bits per heavy atom. The normalized spacial score (nSPS) is 12.0. The average molecular weight is 293 g/mol. The molecule has 0 saturated carbocycles. The Labute approximate surface area is 125 Å². The number of carbonyl (C=O) groups excluding carboxylic acids is 1. The number of ether oxygens (including phenoxy) is 1. The number of carboxylic acids is 1. The number of amides is 1. The van der Waals surface area contributed by atoms with E-state index in [-0.39, 0.29) is 18.4 Å². The predicted octanol–water partition coefficient (Wildman–Crippen LogP) is 2.70. The number of hydrogen-bond acceptors (Lipinski definition) is 3. The molecular weight excluding hydrogens is 270 g/mol. The van der Waals surface area contributed by atoms with E-state index in [1.165, 1.54) is 0 Å². The highest BCUT2D eigenvalue weighted by molar-refractivity contribution is 5.94. The van der Waals surface area contributed by atoms with E-state index >= 15 is 0 Å². The SMILES string of the molecule is CC(C)COc1cccc(C(=O)NC(C)CCC(=O)O)c1. The van der Waals surface area contributed by atoms with Gasteiger partial charge in [-0.15, -0.1) is 0 Å². The van der Waals surface area contributed by atoms with Crippen LogP contribution in [0.5, 0.6) is 5.75 Å². The maximum atomic E-state index is 12.1. The lowest BCUT2D eigenvalue weighted by Gasteiger charge is -2.14. The molecule has 5 heteroatoms. The first-order valence-electron chi connectivity index (χ1n) is 7.14. The van der Waals surface area contributed by atoms with Gasteiger partial charge in [-0.2, -0.15) is 0 Å². The van der Waals surface area contributed by atoms with Crippen LogP contribution < -0.4 is 10.1 Å². The summed E-state index contributed by atoms with van der Waals surface area (Å²) in [5.41, 5.74) is 0.512. The van der Waals surface area contributed by atoms with Crippen LogP contribution in [0.1, 0.15) is 44.0 Å². The number of carbonyl (C=O) groups is 2. The summed E-state index contributed by atoms with van der Waals surface area (Å²) in [6.45, 7) is 6.50. The lowest BCUT2D eigenvalue weighted by Crippen LogP contribution is -2.32. The molecule has 21 heavy (non-hydrogen) atoms. The minimum Gasteiger partial charge on any atom is -0.493 e. The molecule has 0 bridgehead atoms. The summed E-state index contributed by atoms with van der Waals surface area (Å²) in [6, 6.07) is 6.80. The van der Waals surface area contributed by atoms with Gasteiger partial charge in [0.25, 0.3) is 5.91 Å². The molecule has 2 N–H and O–H groups in total. The van der Waals surface area contributed by atoms with Crippen molar-refractivity contribution in [3.63, 3.8) is 0 Å². The molecule has 1 amide bonds. The summed E-state index contributed by atoms with van der Waals surface area (Å²) >= 11 is 0. The van der Waals surface area contributed by atoms with Crippen LogP contribution in [0.25, 0.3) is 0 Å². The Balaban J connectivity index is 2.57. The second-order valence-electron chi connectivity index (χ2n) is 5.54. The molecule has 1 aromatic carbocycles. The Morgan fingerprint density at radius 3 is 2.62 bits per heavy atom. The number of hydrogen-bond donors (Lipinski definition) is 2. The van der Waals surface area contributed by atoms with E-state index in [4.69, 9.17) is 9.84 Å². The number of aliphatic carboxylic acids is 1. The lowest BCUT2D eigenvalue weighted by atomic mass is 10.1. The van der Waals surface area contributed by atoms with E-state index in [9.17, 15) is 9.59 Å². The molecule has 0 aliphatic carbocycles. The van der Waals surface area contributed by atoms with Gasteiger partial charge < -0.3 is 15.2 Å². The fourth-order valence-corrected chi connectivity index (χ4v) is 1.71. The molecule has 0 aromatic heterocycles. The fourth-order valence-electron chi connectivity index (χ4n) is 1.71. The van der Waals surface area contributed by atoms with Crippen molar-refractivity contribution in [1.29, 1.82) is 0 Å². The molecule has 1 atom stereocenters. The van der Waals surface area contributed by atoms with Gasteiger partial charge in [-0.1, -0.05) is 19.9 Å². The standard InChI is InChI=1S/C16H23NO4/c1-11(2)10-21-14-6-4-5-13(9-14)16(20)17-12(3)7-8-15(18)19/h4-6,9,11-12H,7-8,10H2,1-3H3,(H,17,20)(H,18,19). The molecule has 1 rings (SSSR count). The first kappa shape index (κ1) is 17.0. The zero-order chi connectivity index (χ0) is 15.8. The van der Waals surface area contributed by atoms with Crippen LogP contribution in [-0.2, 0) is 4.79 Å². The van der Waals surface area contributed by atoms with Crippen LogP contribution in [0.3, 0.4) is 0 Å². The van der Waals surface area contributed by atoms with E-state index in [1.807, 2.05) is 6.07 Å². The molecule has 0 radical (unpaired) electrons. The van der Waals surface area contributed by atoms with Crippen molar-refractivity contribution in [3.05, 3.63) is 29.8 Å². The minimum atomic E-state index is -0.861. The molecule has 5 nitrogen and oxygen atoms in total. The average Bonchev–Trinajstić information content (AvgIpc) is 2.43. The number of benzene rings is 1. The molecule has 1 aromatic rings. The summed E-state index contributed by atoms with van der Waals surface area (Å²) in [7, 11) is 0. The van der Waals surface area contributed by atoms with Crippen molar-refractivity contribution in [2.45, 2.75) is 39.7 Å². The van der Waals surface area contributed by atoms with Gasteiger partial charge in [0.1, 0.15) is 5.75 Å². The minimum absolute atomic E-state index is 0.0407. The Kier molecular flexibility index (Phi) is 6.72. The highest BCUT2D eigenvalue weighted by atomic mass is 16.5. The van der Waals surface area contributed by atoms with Gasteiger partial charge in [0, 0.05) is 18.0 Å². The van der Waals surface area contributed by atoms with E-state index in [0.717, 1.165) is 0 Å². The van der Waals surface area contributed by atoms with Crippen LogP contribution in [0.2, 0.25) is 0 Å². The van der Waals surface area contributed by atoms with Crippen molar-refractivity contribution in [2.24, 2.45) is 5.92 Å². The first-order valence-corrected chi connectivity index (χ1v) is 7.14. The summed E-state index contributed by atoms with van der Waals surface area (Å²) in [5, 5.41) is 11.4. The molecular formula is C16H23NO4. The number of nitrogens with one attached hydrogen (secondary N) is 1. The molecule has 116 valence electrons. The summed E-state index contributed by atoms with van der Waals surface area (Å²) in [4.78, 5) is 22.6. The summed E-state index contributed by atoms with van der Waals surface area (Å²) in [6.07, 6.45) is 0.448. The van der Waals surface area contributed by atoms with Crippen molar-refractivity contribution < 1.29 is 19.4 Å². The predicted molar refractivity (Wildman–Crippen MR) is 80.6 cm³/mol. The van der Waals surface area contributed by atoms with Crippen LogP contribution in [0, 0.1) is 5.92 Å². The van der Waals surface area contributed by atoms with Gasteiger partial charge in [0.2, 0.25) is 0 Å². The van der Waals surface area contributed by atoms with Crippen molar-refractivity contribution >= 4 is 11.9 Å². The van der Waals surface area contributed by atoms with Crippen LogP contribution in [0.4, 0.5) is 0 Å². The number of rotatable bonds is 8. The fraction of sp³-hybridized carbons (Fsp3) is 0.500. The van der Waals surface area contributed by atoms with E-state index < -0.39 is 5.97 Å². The van der Waals surface area contributed by atoms with Crippen LogP contribution in [-0.4, -0.2) is 29.6 Å². The van der Waals surface area contributed by atoms with Crippen LogP contribution >= 0.6 is 0 Å². The van der Waals surface area contributed by atoms with Crippen molar-refractivity contribution in [1.82, 2.24) is 5.32 Å². The van der Waals surface area contributed by atoms with Gasteiger partial charge in [-0.05, 0) is 37.5 Å². The van der Waals surface area contributed by atoms with Gasteiger partial charge in [0.05, 0.1) is 6.61 Å². The third-order valence-electron chi connectivity index (χ3n) is 2.85. The Hall–Kier alpha value is -2.04. The first-order chi connectivity index (χ1) is 9.88. The van der Waals surface area contributed by atoms with E-state index in [2.05, 4.69) is 19.2 Å². The third-order valence-corrected chi connectivity index (χ3v) is 2.85. The van der Waals surface area contributed by atoms with E-state index in [0.29, 0.717) is 30.3 Å². The molecule has 0 aliphatic heterocycles. The van der Waals surface area contributed by atoms with Gasteiger partial charge in [-0.25, -0.2) is 0 Å². The topological polar surface area (TPSA) is 75.6 Å². The van der Waals surface area contributed by atoms with Crippen LogP contribution in [0.15, 0.2) is 24.3 Å². The zero-order valence-corrected chi connectivity index (χ0v) is 12.8. The maximum absolute atomic E-state index is 12.1. The van der Waals surface area contributed by atoms with Gasteiger partial charge in [0.15, 0.2) is 0 Å². The van der Waals surface area contributed by atoms with Crippen molar-refractivity contribution in [3.8, 4) is 5.75 Å². The maximum Gasteiger partial charge on any atom is 0.303 e. The highest BCUT2D eigenvalue weighted by Crippen LogP contribution is 2.14. The largest absolute Gasteiger partial charge is 0.493 e. The Morgan fingerprint density at radius 1 is 1.29 bits per heavy atom. The smallest absolute Gasteiger partial charge is 0.303 e. The highest BCUT2D eigenvalue weighted by Gasteiger charge is 2.12. The second-order valence-corrected chi connectivity index (χ2v) is 5.54. The number of carboxylic acid groups (broad SMARTS) is 1. The molecule has 0 fully saturated rings. The molecule has 0 spiro atoms. The summed E-state index contributed by atoms with van der Waals surface area (Å²) < 4.78 is 5.58. The quantitative estimate of drug-likeness (QED) is 0.772. The van der Waals surface area contributed by atoms with Gasteiger partial charge >= 0.3 is 5.97 Å². The van der Waals surface area contributed by atoms with E-state index in [1.54, 1.807) is 25.1 Å². The molecule has 1 unspecified atom stereocenters. The van der Waals surface area contributed by atoms with Gasteiger partial charge in [-0.3, -0.25) is 9.59 Å². The van der Waals surface area contributed by atoms with Crippen molar-refractivity contribution in [2.75, 3.05) is 6.61 Å². The zero-order valence-electron chi connectivity index (χ0n) is 12.8. The lowest BCUT2D eigenvalue weighted by molar-refractivity contribution is -0.137. The third kappa shape index (κ3) is 6.79.